The fourth-order valence-corrected chi connectivity index (χ4v) is 3.09. The van der Waals surface area contributed by atoms with Crippen LogP contribution in [-0.4, -0.2) is 55.3 Å². The predicted molar refractivity (Wildman–Crippen MR) is 106 cm³/mol. The average Bonchev–Trinajstić information content (AvgIpc) is 3.17. The van der Waals surface area contributed by atoms with Gasteiger partial charge in [-0.3, -0.25) is 14.6 Å². The summed E-state index contributed by atoms with van der Waals surface area (Å²) in [4.78, 5) is 45.0. The second-order valence-electron chi connectivity index (χ2n) is 8.06. The molecule has 0 bridgehead atoms. The minimum Gasteiger partial charge on any atom is -0.444 e. The molecule has 0 aliphatic carbocycles. The fraction of sp³-hybridized carbons (Fsp3) is 0.526. The first-order chi connectivity index (χ1) is 13.7. The summed E-state index contributed by atoms with van der Waals surface area (Å²) in [6.45, 7) is 6.60. The summed E-state index contributed by atoms with van der Waals surface area (Å²) in [5.74, 6) is 0.163. The lowest BCUT2D eigenvalue weighted by atomic mass is 9.93. The van der Waals surface area contributed by atoms with Crippen LogP contribution in [0, 0.1) is 5.92 Å². The molecular weight excluding hydrogens is 376 g/mol. The highest BCUT2D eigenvalue weighted by Crippen LogP contribution is 2.22. The number of carbonyl (C=O) groups excluding carboxylic acids is 2. The molecular formula is C19H26N6O4. The van der Waals surface area contributed by atoms with Crippen molar-refractivity contribution in [1.82, 2.24) is 24.6 Å². The van der Waals surface area contributed by atoms with Gasteiger partial charge in [-0.15, -0.1) is 0 Å². The van der Waals surface area contributed by atoms with E-state index in [1.165, 1.54) is 10.9 Å². The Morgan fingerprint density at radius 2 is 2.03 bits per heavy atom. The molecule has 1 aliphatic rings. The summed E-state index contributed by atoms with van der Waals surface area (Å²) >= 11 is 0. The molecule has 0 aromatic carbocycles. The lowest BCUT2D eigenvalue weighted by Gasteiger charge is -2.33. The van der Waals surface area contributed by atoms with Crippen LogP contribution in [0.2, 0.25) is 0 Å². The van der Waals surface area contributed by atoms with Gasteiger partial charge in [-0.2, -0.15) is 5.10 Å². The predicted octanol–water partition coefficient (Wildman–Crippen LogP) is 1.93. The molecule has 2 N–H and O–H groups in total. The number of nitrogens with zero attached hydrogens (tertiary/aromatic N) is 4. The van der Waals surface area contributed by atoms with E-state index in [9.17, 15) is 14.4 Å². The number of ether oxygens (including phenoxy) is 1. The third-order valence-corrected chi connectivity index (χ3v) is 4.52. The Bertz CT molecular complexity index is 908. The molecule has 0 saturated carbocycles. The fourth-order valence-electron chi connectivity index (χ4n) is 3.09. The van der Waals surface area contributed by atoms with E-state index in [1.807, 2.05) is 20.8 Å². The molecule has 0 spiro atoms. The Morgan fingerprint density at radius 1 is 1.31 bits per heavy atom. The second-order valence-corrected chi connectivity index (χ2v) is 8.06. The van der Waals surface area contributed by atoms with Crippen molar-refractivity contribution in [2.24, 2.45) is 5.92 Å². The Labute approximate surface area is 168 Å². The maximum atomic E-state index is 12.3. The number of H-pyrrole nitrogens is 1. The van der Waals surface area contributed by atoms with Gasteiger partial charge in [-0.25, -0.2) is 14.5 Å². The quantitative estimate of drug-likeness (QED) is 0.806. The highest BCUT2D eigenvalue weighted by atomic mass is 16.6. The third-order valence-electron chi connectivity index (χ3n) is 4.52. The number of amides is 2. The van der Waals surface area contributed by atoms with Crippen LogP contribution in [0.5, 0.6) is 0 Å². The number of piperidine rings is 1. The van der Waals surface area contributed by atoms with Crippen molar-refractivity contribution in [3.8, 4) is 5.95 Å². The number of aromatic amines is 1. The van der Waals surface area contributed by atoms with Gasteiger partial charge < -0.3 is 15.0 Å². The molecule has 0 radical (unpaired) electrons. The largest absolute Gasteiger partial charge is 0.444 e. The van der Waals surface area contributed by atoms with Crippen LogP contribution < -0.4 is 10.9 Å². The van der Waals surface area contributed by atoms with Crippen molar-refractivity contribution >= 4 is 17.7 Å². The van der Waals surface area contributed by atoms with Crippen LogP contribution in [0.1, 0.15) is 40.0 Å². The SMILES string of the molecule is CC(C)(C)OC(=O)N1CCC(CC(=O)Nc2cnc(-n3cccn3)[nH]c2=O)CC1. The molecule has 2 aromatic heterocycles. The zero-order chi connectivity index (χ0) is 21.0. The summed E-state index contributed by atoms with van der Waals surface area (Å²) in [6.07, 6.45) is 5.92. The standard InChI is InChI=1S/C19H26N6O4/c1-19(2,3)29-18(28)24-9-5-13(6-10-24)11-15(26)22-14-12-20-17(23-16(14)27)25-8-4-7-21-25/h4,7-8,12-13H,5-6,9-11H2,1-3H3,(H,22,26)(H,20,23,27). The highest BCUT2D eigenvalue weighted by molar-refractivity contribution is 5.90. The van der Waals surface area contributed by atoms with Gasteiger partial charge in [0.25, 0.3) is 5.56 Å². The molecule has 29 heavy (non-hydrogen) atoms. The minimum absolute atomic E-state index is 0.0945. The molecule has 156 valence electrons. The zero-order valence-electron chi connectivity index (χ0n) is 16.8. The highest BCUT2D eigenvalue weighted by Gasteiger charge is 2.27. The first-order valence-corrected chi connectivity index (χ1v) is 9.58. The van der Waals surface area contributed by atoms with Crippen molar-refractivity contribution in [1.29, 1.82) is 0 Å². The normalized spacial score (nSPS) is 15.2. The van der Waals surface area contributed by atoms with Gasteiger partial charge in [0.15, 0.2) is 0 Å². The zero-order valence-corrected chi connectivity index (χ0v) is 16.8. The Morgan fingerprint density at radius 3 is 2.62 bits per heavy atom. The molecule has 0 unspecified atom stereocenters. The van der Waals surface area contributed by atoms with Gasteiger partial charge in [0, 0.05) is 31.9 Å². The van der Waals surface area contributed by atoms with E-state index in [-0.39, 0.29) is 36.0 Å². The third kappa shape index (κ3) is 5.66. The van der Waals surface area contributed by atoms with Crippen LogP contribution in [0.15, 0.2) is 29.5 Å². The van der Waals surface area contributed by atoms with Crippen molar-refractivity contribution < 1.29 is 14.3 Å². The summed E-state index contributed by atoms with van der Waals surface area (Å²) in [5.41, 5.74) is -0.877. The van der Waals surface area contributed by atoms with E-state index in [1.54, 1.807) is 23.4 Å². The summed E-state index contributed by atoms with van der Waals surface area (Å²) < 4.78 is 6.80. The summed E-state index contributed by atoms with van der Waals surface area (Å²) in [5, 5.41) is 6.61. The molecule has 2 amide bonds. The average molecular weight is 402 g/mol. The first kappa shape index (κ1) is 20.6. The van der Waals surface area contributed by atoms with E-state index in [0.29, 0.717) is 25.9 Å². The maximum Gasteiger partial charge on any atom is 0.410 e. The van der Waals surface area contributed by atoms with E-state index in [4.69, 9.17) is 4.74 Å². The van der Waals surface area contributed by atoms with Crippen molar-refractivity contribution in [2.45, 2.75) is 45.6 Å². The molecule has 1 fully saturated rings. The summed E-state index contributed by atoms with van der Waals surface area (Å²) in [7, 11) is 0. The van der Waals surface area contributed by atoms with E-state index in [0.717, 1.165) is 0 Å². The topological polar surface area (TPSA) is 122 Å². The van der Waals surface area contributed by atoms with Gasteiger partial charge >= 0.3 is 6.09 Å². The molecule has 1 aliphatic heterocycles. The monoisotopic (exact) mass is 402 g/mol. The number of likely N-dealkylation sites (tertiary alicyclic amines) is 1. The van der Waals surface area contributed by atoms with E-state index >= 15 is 0 Å². The number of anilines is 1. The van der Waals surface area contributed by atoms with Crippen LogP contribution in [0.25, 0.3) is 5.95 Å². The van der Waals surface area contributed by atoms with Crippen molar-refractivity contribution in [2.75, 3.05) is 18.4 Å². The Kier molecular flexibility index (Phi) is 6.00. The van der Waals surface area contributed by atoms with Crippen LogP contribution in [0.3, 0.4) is 0 Å². The van der Waals surface area contributed by atoms with Crippen molar-refractivity contribution in [3.63, 3.8) is 0 Å². The Hall–Kier alpha value is -3.17. The molecule has 10 nitrogen and oxygen atoms in total. The maximum absolute atomic E-state index is 12.3. The number of carbonyl (C=O) groups is 2. The first-order valence-electron chi connectivity index (χ1n) is 9.58. The smallest absolute Gasteiger partial charge is 0.410 e. The molecule has 0 atom stereocenters. The lowest BCUT2D eigenvalue weighted by Crippen LogP contribution is -2.42. The molecule has 2 aromatic rings. The minimum atomic E-state index is -0.526. The van der Waals surface area contributed by atoms with Gasteiger partial charge in [0.05, 0.1) is 6.20 Å². The van der Waals surface area contributed by atoms with Crippen LogP contribution >= 0.6 is 0 Å². The second kappa shape index (κ2) is 8.46. The molecule has 3 heterocycles. The number of nitrogens with one attached hydrogen (secondary N) is 2. The molecule has 1 saturated heterocycles. The van der Waals surface area contributed by atoms with Crippen LogP contribution in [-0.2, 0) is 9.53 Å². The van der Waals surface area contributed by atoms with Gasteiger partial charge in [0.1, 0.15) is 11.3 Å². The number of hydrogen-bond donors (Lipinski definition) is 2. The van der Waals surface area contributed by atoms with Gasteiger partial charge in [-0.05, 0) is 45.6 Å². The van der Waals surface area contributed by atoms with Gasteiger partial charge in [-0.1, -0.05) is 0 Å². The molecule has 10 heteroatoms. The van der Waals surface area contributed by atoms with Gasteiger partial charge in [0.2, 0.25) is 11.9 Å². The molecule has 3 rings (SSSR count). The van der Waals surface area contributed by atoms with E-state index < -0.39 is 11.2 Å². The van der Waals surface area contributed by atoms with E-state index in [2.05, 4.69) is 20.4 Å². The lowest BCUT2D eigenvalue weighted by molar-refractivity contribution is -0.117. The number of aromatic nitrogens is 4. The van der Waals surface area contributed by atoms with Crippen molar-refractivity contribution in [3.05, 3.63) is 35.0 Å². The number of rotatable bonds is 4. The van der Waals surface area contributed by atoms with Crippen LogP contribution in [0.4, 0.5) is 10.5 Å². The number of hydrogen-bond acceptors (Lipinski definition) is 6. The summed E-state index contributed by atoms with van der Waals surface area (Å²) in [6, 6.07) is 1.71. The Balaban J connectivity index is 1.49.